The monoisotopic (exact) mass is 420 g/mol. The topological polar surface area (TPSA) is 74.8 Å². The second-order valence-electron chi connectivity index (χ2n) is 6.27. The van der Waals surface area contributed by atoms with Crippen molar-refractivity contribution in [3.63, 3.8) is 0 Å². The highest BCUT2D eigenvalue weighted by molar-refractivity contribution is 6.33. The molecule has 3 N–H and O–H groups in total. The molecule has 29 heavy (non-hydrogen) atoms. The molecular weight excluding hydrogens is 395 g/mol. The highest BCUT2D eigenvalue weighted by Crippen LogP contribution is 2.14. The molecule has 8 heteroatoms. The molecule has 0 aliphatic heterocycles. The summed E-state index contributed by atoms with van der Waals surface area (Å²) in [4.78, 5) is 16.6. The third-order valence-electron chi connectivity index (χ3n) is 3.81. The van der Waals surface area contributed by atoms with Crippen LogP contribution in [-0.4, -0.2) is 44.1 Å². The van der Waals surface area contributed by atoms with Crippen molar-refractivity contribution in [2.75, 3.05) is 26.2 Å². The Labute approximate surface area is 175 Å². The molecule has 156 valence electrons. The van der Waals surface area contributed by atoms with Crippen LogP contribution < -0.4 is 20.7 Å². The minimum atomic E-state index is -0.341. The zero-order valence-electron chi connectivity index (χ0n) is 16.5. The molecule has 0 spiro atoms. The third kappa shape index (κ3) is 7.99. The van der Waals surface area contributed by atoms with Gasteiger partial charge in [-0.25, -0.2) is 9.38 Å². The van der Waals surface area contributed by atoms with Crippen molar-refractivity contribution in [1.29, 1.82) is 0 Å². The van der Waals surface area contributed by atoms with Crippen molar-refractivity contribution in [2.45, 2.75) is 20.0 Å². The zero-order chi connectivity index (χ0) is 21.1. The van der Waals surface area contributed by atoms with Gasteiger partial charge in [-0.2, -0.15) is 0 Å². The van der Waals surface area contributed by atoms with E-state index in [0.29, 0.717) is 48.5 Å². The van der Waals surface area contributed by atoms with Gasteiger partial charge in [0.1, 0.15) is 17.7 Å². The van der Waals surface area contributed by atoms with Crippen LogP contribution in [0.25, 0.3) is 0 Å². The summed E-state index contributed by atoms with van der Waals surface area (Å²) in [7, 11) is 0. The number of benzene rings is 2. The van der Waals surface area contributed by atoms with Gasteiger partial charge in [0.05, 0.1) is 17.1 Å². The average Bonchev–Trinajstić information content (AvgIpc) is 2.69. The Hall–Kier alpha value is -2.80. The van der Waals surface area contributed by atoms with Crippen molar-refractivity contribution in [1.82, 2.24) is 16.0 Å². The third-order valence-corrected chi connectivity index (χ3v) is 4.14. The lowest BCUT2D eigenvalue weighted by molar-refractivity contribution is 0.0954. The van der Waals surface area contributed by atoms with Crippen LogP contribution in [0.2, 0.25) is 5.02 Å². The Bertz CT molecular complexity index is 832. The van der Waals surface area contributed by atoms with Crippen molar-refractivity contribution >= 4 is 23.5 Å². The maximum Gasteiger partial charge on any atom is 0.252 e. The van der Waals surface area contributed by atoms with Crippen molar-refractivity contribution < 1.29 is 13.9 Å². The zero-order valence-corrected chi connectivity index (χ0v) is 17.3. The number of carbonyl (C=O) groups is 1. The van der Waals surface area contributed by atoms with E-state index in [-0.39, 0.29) is 17.8 Å². The fourth-order valence-electron chi connectivity index (χ4n) is 2.47. The lowest BCUT2D eigenvalue weighted by Gasteiger charge is -2.15. The van der Waals surface area contributed by atoms with E-state index >= 15 is 0 Å². The number of aliphatic imine (C=N–C) groups is 1. The SMILES string of the molecule is CCNC(=NCC(C)Oc1cccc(F)c1)NCCNC(=O)c1ccccc1Cl. The summed E-state index contributed by atoms with van der Waals surface area (Å²) in [6.45, 7) is 5.80. The van der Waals surface area contributed by atoms with Crippen LogP contribution in [0.15, 0.2) is 53.5 Å². The molecule has 0 aromatic heterocycles. The lowest BCUT2D eigenvalue weighted by atomic mass is 10.2. The number of hydrogen-bond acceptors (Lipinski definition) is 3. The van der Waals surface area contributed by atoms with Gasteiger partial charge in [0.25, 0.3) is 5.91 Å². The van der Waals surface area contributed by atoms with Gasteiger partial charge >= 0.3 is 0 Å². The lowest BCUT2D eigenvalue weighted by Crippen LogP contribution is -2.42. The number of amides is 1. The van der Waals surface area contributed by atoms with Crippen molar-refractivity contribution in [3.8, 4) is 5.75 Å². The molecule has 0 saturated carbocycles. The van der Waals surface area contributed by atoms with Gasteiger partial charge < -0.3 is 20.7 Å². The maximum absolute atomic E-state index is 13.2. The summed E-state index contributed by atoms with van der Waals surface area (Å²) < 4.78 is 18.9. The van der Waals surface area contributed by atoms with Gasteiger partial charge in [-0.05, 0) is 38.1 Å². The highest BCUT2D eigenvalue weighted by atomic mass is 35.5. The first-order chi connectivity index (χ1) is 14.0. The molecule has 0 aliphatic carbocycles. The van der Waals surface area contributed by atoms with Gasteiger partial charge in [0.2, 0.25) is 0 Å². The van der Waals surface area contributed by atoms with E-state index in [2.05, 4.69) is 20.9 Å². The molecular formula is C21H26ClFN4O2. The van der Waals surface area contributed by atoms with Crippen LogP contribution in [0.4, 0.5) is 4.39 Å². The fraction of sp³-hybridized carbons (Fsp3) is 0.333. The Morgan fingerprint density at radius 2 is 1.90 bits per heavy atom. The Kier molecular flexibility index (Phi) is 9.24. The number of rotatable bonds is 9. The van der Waals surface area contributed by atoms with Gasteiger partial charge in [-0.15, -0.1) is 0 Å². The van der Waals surface area contributed by atoms with Crippen LogP contribution in [0, 0.1) is 5.82 Å². The molecule has 2 rings (SSSR count). The normalized spacial score (nSPS) is 12.2. The molecule has 6 nitrogen and oxygen atoms in total. The summed E-state index contributed by atoms with van der Waals surface area (Å²) in [5.74, 6) is 0.505. The average molecular weight is 421 g/mol. The number of ether oxygens (including phenoxy) is 1. The Balaban J connectivity index is 1.78. The number of carbonyl (C=O) groups excluding carboxylic acids is 1. The molecule has 0 bridgehead atoms. The minimum Gasteiger partial charge on any atom is -0.489 e. The van der Waals surface area contributed by atoms with Crippen LogP contribution in [0.1, 0.15) is 24.2 Å². The summed E-state index contributed by atoms with van der Waals surface area (Å²) in [5.41, 5.74) is 0.443. The van der Waals surface area contributed by atoms with E-state index in [1.165, 1.54) is 12.1 Å². The second-order valence-corrected chi connectivity index (χ2v) is 6.68. The van der Waals surface area contributed by atoms with E-state index in [1.54, 1.807) is 36.4 Å². The molecule has 0 radical (unpaired) electrons. The first kappa shape index (κ1) is 22.5. The summed E-state index contributed by atoms with van der Waals surface area (Å²) in [5, 5.41) is 9.50. The molecule has 2 aromatic rings. The summed E-state index contributed by atoms with van der Waals surface area (Å²) >= 11 is 6.02. The molecule has 1 unspecified atom stereocenters. The maximum atomic E-state index is 13.2. The van der Waals surface area contributed by atoms with E-state index in [9.17, 15) is 9.18 Å². The largest absolute Gasteiger partial charge is 0.489 e. The summed E-state index contributed by atoms with van der Waals surface area (Å²) in [6.07, 6.45) is -0.229. The Morgan fingerprint density at radius 3 is 2.62 bits per heavy atom. The quantitative estimate of drug-likeness (QED) is 0.331. The van der Waals surface area contributed by atoms with Gasteiger partial charge in [0, 0.05) is 25.7 Å². The van der Waals surface area contributed by atoms with Crippen molar-refractivity contribution in [3.05, 3.63) is 64.9 Å². The highest BCUT2D eigenvalue weighted by Gasteiger charge is 2.09. The number of halogens is 2. The second kappa shape index (κ2) is 11.9. The first-order valence-corrected chi connectivity index (χ1v) is 9.84. The molecule has 0 aliphatic rings. The standard InChI is InChI=1S/C21H26ClFN4O2/c1-3-24-21(27-14-15(2)29-17-8-6-7-16(23)13-17)26-12-11-25-20(28)18-9-4-5-10-19(18)22/h4-10,13,15H,3,11-12,14H2,1-2H3,(H,25,28)(H2,24,26,27). The van der Waals surface area contributed by atoms with Crippen LogP contribution >= 0.6 is 11.6 Å². The number of nitrogens with one attached hydrogen (secondary N) is 3. The number of nitrogens with zero attached hydrogens (tertiary/aromatic N) is 1. The number of guanidine groups is 1. The number of hydrogen-bond donors (Lipinski definition) is 3. The van der Waals surface area contributed by atoms with Crippen LogP contribution in [0.3, 0.4) is 0 Å². The fourth-order valence-corrected chi connectivity index (χ4v) is 2.69. The minimum absolute atomic E-state index is 0.226. The predicted octanol–water partition coefficient (Wildman–Crippen LogP) is 3.23. The smallest absolute Gasteiger partial charge is 0.252 e. The predicted molar refractivity (Wildman–Crippen MR) is 114 cm³/mol. The van der Waals surface area contributed by atoms with E-state index in [1.807, 2.05) is 13.8 Å². The van der Waals surface area contributed by atoms with Crippen LogP contribution in [0.5, 0.6) is 5.75 Å². The molecule has 0 fully saturated rings. The Morgan fingerprint density at radius 1 is 1.14 bits per heavy atom. The van der Waals surface area contributed by atoms with Crippen molar-refractivity contribution in [2.24, 2.45) is 4.99 Å². The van der Waals surface area contributed by atoms with E-state index in [0.717, 1.165) is 0 Å². The molecule has 0 saturated heterocycles. The molecule has 1 amide bonds. The summed E-state index contributed by atoms with van der Waals surface area (Å²) in [6, 6.07) is 12.9. The van der Waals surface area contributed by atoms with Gasteiger partial charge in [-0.1, -0.05) is 29.8 Å². The molecule has 1 atom stereocenters. The van der Waals surface area contributed by atoms with Crippen LogP contribution in [-0.2, 0) is 0 Å². The molecule has 0 heterocycles. The molecule has 2 aromatic carbocycles. The van der Waals surface area contributed by atoms with Gasteiger partial charge in [-0.3, -0.25) is 4.79 Å². The first-order valence-electron chi connectivity index (χ1n) is 9.46. The van der Waals surface area contributed by atoms with E-state index in [4.69, 9.17) is 16.3 Å². The van der Waals surface area contributed by atoms with E-state index < -0.39 is 0 Å². The van der Waals surface area contributed by atoms with Gasteiger partial charge in [0.15, 0.2) is 5.96 Å².